The average Bonchev–Trinajstić information content (AvgIpc) is 3.73. The van der Waals surface area contributed by atoms with Gasteiger partial charge in [-0.05, 0) is 67.2 Å². The lowest BCUT2D eigenvalue weighted by molar-refractivity contribution is -0.186. The highest BCUT2D eigenvalue weighted by molar-refractivity contribution is 7.89. The summed E-state index contributed by atoms with van der Waals surface area (Å²) < 4.78 is 48.1. The van der Waals surface area contributed by atoms with Gasteiger partial charge in [-0.25, -0.2) is 8.42 Å². The first-order valence-electron chi connectivity index (χ1n) is 16.0. The minimum absolute atomic E-state index is 0.199. The molecule has 1 amide bonds. The Morgan fingerprint density at radius 3 is 2.57 bits per heavy atom. The number of ether oxygens (including phenoxy) is 2. The molecule has 3 aromatic carbocycles. The number of hydrogen-bond acceptors (Lipinski definition) is 7. The molecule has 1 saturated carbocycles. The minimum atomic E-state index is -3.90. The zero-order chi connectivity index (χ0) is 32.4. The van der Waals surface area contributed by atoms with Crippen molar-refractivity contribution in [3.8, 4) is 11.5 Å². The van der Waals surface area contributed by atoms with Gasteiger partial charge in [-0.3, -0.25) is 4.79 Å². The van der Waals surface area contributed by atoms with Gasteiger partial charge in [0.05, 0.1) is 40.5 Å². The molecule has 2 bridgehead atoms. The summed E-state index contributed by atoms with van der Waals surface area (Å²) in [5.41, 5.74) is 1.24. The number of furan rings is 1. The number of nitrogens with zero attached hydrogens (tertiary/aromatic N) is 2. The Morgan fingerprint density at radius 1 is 1.06 bits per heavy atom. The third kappa shape index (κ3) is 4.49. The summed E-state index contributed by atoms with van der Waals surface area (Å²) in [4.78, 5) is 15.5. The van der Waals surface area contributed by atoms with Crippen LogP contribution < -0.4 is 9.47 Å². The molecule has 4 aromatic rings. The van der Waals surface area contributed by atoms with Gasteiger partial charge < -0.3 is 23.9 Å². The van der Waals surface area contributed by atoms with Gasteiger partial charge in [0, 0.05) is 30.8 Å². The zero-order valence-corrected chi connectivity index (χ0v) is 26.8. The number of hydrogen-bond donors (Lipinski definition) is 1. The van der Waals surface area contributed by atoms with Gasteiger partial charge in [-0.2, -0.15) is 4.31 Å². The van der Waals surface area contributed by atoms with Gasteiger partial charge in [0.2, 0.25) is 15.9 Å². The van der Waals surface area contributed by atoms with Crippen LogP contribution in [0.1, 0.15) is 41.5 Å². The maximum absolute atomic E-state index is 14.1. The maximum atomic E-state index is 14.1. The van der Waals surface area contributed by atoms with Crippen molar-refractivity contribution in [2.75, 3.05) is 13.6 Å². The second-order valence-electron chi connectivity index (χ2n) is 13.0. The number of sulfonamides is 1. The molecular weight excluding hydrogens is 616 g/mol. The molecule has 0 unspecified atom stereocenters. The highest BCUT2D eigenvalue weighted by Gasteiger charge is 2.74. The fourth-order valence-electron chi connectivity index (χ4n) is 8.55. The second kappa shape index (κ2) is 11.1. The molecule has 1 saturated heterocycles. The van der Waals surface area contributed by atoms with E-state index >= 15 is 0 Å². The van der Waals surface area contributed by atoms with Crippen molar-refractivity contribution in [3.05, 3.63) is 120 Å². The second-order valence-corrected chi connectivity index (χ2v) is 14.9. The molecular formula is C37H36N2O7S. The molecule has 0 radical (unpaired) electrons. The van der Waals surface area contributed by atoms with Crippen LogP contribution in [0.5, 0.6) is 11.5 Å². The van der Waals surface area contributed by atoms with Crippen LogP contribution in [-0.2, 0) is 33.3 Å². The predicted octanol–water partition coefficient (Wildman–Crippen LogP) is 4.94. The lowest BCUT2D eigenvalue weighted by atomic mass is 9.48. The number of benzene rings is 3. The Hall–Kier alpha value is -4.38. The summed E-state index contributed by atoms with van der Waals surface area (Å²) in [6.45, 7) is 0.549. The van der Waals surface area contributed by atoms with Gasteiger partial charge >= 0.3 is 0 Å². The topological polar surface area (TPSA) is 110 Å². The molecule has 2 aliphatic heterocycles. The van der Waals surface area contributed by atoms with Crippen molar-refractivity contribution in [3.63, 3.8) is 0 Å². The van der Waals surface area contributed by atoms with Crippen LogP contribution in [-0.4, -0.2) is 66.0 Å². The molecule has 3 heterocycles. The number of rotatable bonds is 8. The smallest absolute Gasteiger partial charge is 0.246 e. The Bertz CT molecular complexity index is 1950. The fourth-order valence-corrected chi connectivity index (χ4v) is 10.2. The first-order chi connectivity index (χ1) is 22.7. The van der Waals surface area contributed by atoms with Crippen LogP contribution in [0.4, 0.5) is 0 Å². The van der Waals surface area contributed by atoms with Gasteiger partial charge in [0.15, 0.2) is 11.5 Å². The molecule has 47 heavy (non-hydrogen) atoms. The normalized spacial score (nSPS) is 27.7. The molecule has 242 valence electrons. The van der Waals surface area contributed by atoms with Gasteiger partial charge in [0.1, 0.15) is 12.7 Å². The SMILES string of the molecule is CN(C(=O)/C=C/c1ccoc1)[C@@H]1CC[C@@]2(O)[C@H]3Cc4ccc(OCc5ccccc5)c5c4[C@@]2(CCN3S(=O)(=O)c2ccccc2)[C@H]1O5. The highest BCUT2D eigenvalue weighted by Crippen LogP contribution is 2.66. The molecule has 4 aliphatic rings. The summed E-state index contributed by atoms with van der Waals surface area (Å²) in [6.07, 6.45) is 7.15. The van der Waals surface area contributed by atoms with E-state index in [2.05, 4.69) is 0 Å². The zero-order valence-electron chi connectivity index (χ0n) is 26.0. The highest BCUT2D eigenvalue weighted by atomic mass is 32.2. The summed E-state index contributed by atoms with van der Waals surface area (Å²) in [6, 6.07) is 22.9. The monoisotopic (exact) mass is 652 g/mol. The summed E-state index contributed by atoms with van der Waals surface area (Å²) in [7, 11) is -2.13. The third-order valence-electron chi connectivity index (χ3n) is 10.8. The molecule has 5 atom stereocenters. The average molecular weight is 653 g/mol. The Morgan fingerprint density at radius 2 is 1.83 bits per heavy atom. The van der Waals surface area contributed by atoms with Crippen molar-refractivity contribution in [2.24, 2.45) is 0 Å². The molecule has 2 aliphatic carbocycles. The molecule has 8 rings (SSSR count). The van der Waals surface area contributed by atoms with E-state index in [1.165, 1.54) is 10.4 Å². The fraction of sp³-hybridized carbons (Fsp3) is 0.324. The van der Waals surface area contributed by atoms with Crippen LogP contribution in [0.2, 0.25) is 0 Å². The molecule has 2 fully saturated rings. The van der Waals surface area contributed by atoms with E-state index in [0.29, 0.717) is 43.8 Å². The van der Waals surface area contributed by atoms with Gasteiger partial charge in [0.25, 0.3) is 0 Å². The van der Waals surface area contributed by atoms with Crippen LogP contribution >= 0.6 is 0 Å². The number of amides is 1. The van der Waals surface area contributed by atoms with E-state index in [-0.39, 0.29) is 23.4 Å². The first-order valence-corrected chi connectivity index (χ1v) is 17.4. The maximum Gasteiger partial charge on any atom is 0.246 e. The van der Waals surface area contributed by atoms with Crippen molar-refractivity contribution >= 4 is 22.0 Å². The van der Waals surface area contributed by atoms with Crippen LogP contribution in [0.25, 0.3) is 6.08 Å². The number of carbonyl (C=O) groups excluding carboxylic acids is 1. The van der Waals surface area contributed by atoms with Gasteiger partial charge in [-0.1, -0.05) is 54.6 Å². The van der Waals surface area contributed by atoms with E-state index in [1.807, 2.05) is 42.5 Å². The number of likely N-dealkylation sites (N-methyl/N-ethyl adjacent to an activating group) is 1. The molecule has 1 aromatic heterocycles. The van der Waals surface area contributed by atoms with E-state index in [0.717, 1.165) is 22.3 Å². The third-order valence-corrected chi connectivity index (χ3v) is 12.7. The van der Waals surface area contributed by atoms with E-state index in [4.69, 9.17) is 13.9 Å². The van der Waals surface area contributed by atoms with Crippen molar-refractivity contribution < 1.29 is 32.2 Å². The minimum Gasteiger partial charge on any atom is -0.485 e. The summed E-state index contributed by atoms with van der Waals surface area (Å²) >= 11 is 0. The van der Waals surface area contributed by atoms with Crippen LogP contribution in [0.3, 0.4) is 0 Å². The predicted molar refractivity (Wildman–Crippen MR) is 174 cm³/mol. The van der Waals surface area contributed by atoms with Gasteiger partial charge in [-0.15, -0.1) is 0 Å². The standard InChI is InChI=1S/C37H36N2O7S/c1-38(32(40)15-12-26-17-21-44-23-26)29-16-18-37(41)31-22-27-13-14-30(45-24-25-8-4-2-5-9-25)34-33(27)36(37,35(29)46-34)19-20-39(31)47(42,43)28-10-6-3-7-11-28/h2-15,17,21,23,29,31,35,41H,16,18-20,22,24H2,1H3/b15-12+/t29-,31-,35+,36+,37-/m1/s1. The Kier molecular flexibility index (Phi) is 7.09. The quantitative estimate of drug-likeness (QED) is 0.269. The first kappa shape index (κ1) is 30.0. The van der Waals surface area contributed by atoms with E-state index in [1.54, 1.807) is 66.9 Å². The van der Waals surface area contributed by atoms with Crippen molar-refractivity contribution in [1.29, 1.82) is 0 Å². The molecule has 10 heteroatoms. The summed E-state index contributed by atoms with van der Waals surface area (Å²) in [5.74, 6) is 0.959. The van der Waals surface area contributed by atoms with E-state index < -0.39 is 33.2 Å². The van der Waals surface area contributed by atoms with E-state index in [9.17, 15) is 18.3 Å². The van der Waals surface area contributed by atoms with Crippen LogP contribution in [0, 0.1) is 0 Å². The molecule has 1 spiro atoms. The number of carbonyl (C=O) groups is 1. The summed E-state index contributed by atoms with van der Waals surface area (Å²) in [5, 5.41) is 13.0. The molecule has 9 nitrogen and oxygen atoms in total. The van der Waals surface area contributed by atoms with Crippen molar-refractivity contribution in [1.82, 2.24) is 9.21 Å². The number of aliphatic hydroxyl groups is 1. The number of piperidine rings is 1. The lowest BCUT2D eigenvalue weighted by Gasteiger charge is -2.64. The largest absolute Gasteiger partial charge is 0.485 e. The molecule has 1 N–H and O–H groups in total. The Labute approximate surface area is 274 Å². The lowest BCUT2D eigenvalue weighted by Crippen LogP contribution is -2.78. The van der Waals surface area contributed by atoms with Crippen molar-refractivity contribution in [2.45, 2.75) is 66.4 Å². The van der Waals surface area contributed by atoms with Crippen LogP contribution in [0.15, 0.2) is 107 Å². The Balaban J connectivity index is 1.21.